The van der Waals surface area contributed by atoms with E-state index in [1.807, 2.05) is 0 Å². The van der Waals surface area contributed by atoms with Gasteiger partial charge in [0.05, 0.1) is 0 Å². The Hall–Kier alpha value is -0.120. The molecule has 1 saturated carbocycles. The van der Waals surface area contributed by atoms with Gasteiger partial charge in [-0.25, -0.2) is 0 Å². The second-order valence-electron chi connectivity index (χ2n) is 4.50. The van der Waals surface area contributed by atoms with Crippen molar-refractivity contribution in [2.24, 2.45) is 0 Å². The van der Waals surface area contributed by atoms with Gasteiger partial charge in [-0.2, -0.15) is 0 Å². The van der Waals surface area contributed by atoms with Gasteiger partial charge in [0.15, 0.2) is 0 Å². The Balaban J connectivity index is 2.29. The highest BCUT2D eigenvalue weighted by Crippen LogP contribution is 2.22. The second-order valence-corrected chi connectivity index (χ2v) is 4.50. The Morgan fingerprint density at radius 2 is 1.93 bits per heavy atom. The molecule has 0 heterocycles. The quantitative estimate of drug-likeness (QED) is 0.698. The van der Waals surface area contributed by atoms with E-state index in [1.165, 1.54) is 25.7 Å². The number of hydrogen-bond acceptors (Lipinski definition) is 3. The van der Waals surface area contributed by atoms with Crippen LogP contribution in [0.5, 0.6) is 0 Å². The van der Waals surface area contributed by atoms with E-state index in [2.05, 4.69) is 24.2 Å². The summed E-state index contributed by atoms with van der Waals surface area (Å²) in [5.41, 5.74) is 0. The Bertz CT molecular complexity index is 156. The van der Waals surface area contributed by atoms with Gasteiger partial charge in [-0.3, -0.25) is 0 Å². The SMILES string of the molecule is CCN(CCCO)C1CCC(NC)CC1. The predicted octanol–water partition coefficient (Wildman–Crippen LogP) is 1.22. The maximum Gasteiger partial charge on any atom is 0.0443 e. The smallest absolute Gasteiger partial charge is 0.0443 e. The summed E-state index contributed by atoms with van der Waals surface area (Å²) >= 11 is 0. The molecule has 0 radical (unpaired) electrons. The van der Waals surface area contributed by atoms with E-state index in [1.54, 1.807) is 0 Å². The molecule has 90 valence electrons. The molecule has 3 heteroatoms. The predicted molar refractivity (Wildman–Crippen MR) is 64.1 cm³/mol. The highest BCUT2D eigenvalue weighted by Gasteiger charge is 2.23. The summed E-state index contributed by atoms with van der Waals surface area (Å²) in [5, 5.41) is 12.2. The molecular formula is C12H26N2O. The molecule has 0 atom stereocenters. The van der Waals surface area contributed by atoms with Gasteiger partial charge in [-0.15, -0.1) is 0 Å². The lowest BCUT2D eigenvalue weighted by atomic mass is 9.90. The fraction of sp³-hybridized carbons (Fsp3) is 1.00. The van der Waals surface area contributed by atoms with Crippen molar-refractivity contribution in [3.05, 3.63) is 0 Å². The normalized spacial score (nSPS) is 27.2. The minimum atomic E-state index is 0.322. The van der Waals surface area contributed by atoms with Crippen LogP contribution >= 0.6 is 0 Å². The van der Waals surface area contributed by atoms with Crippen LogP contribution in [0.2, 0.25) is 0 Å². The second kappa shape index (κ2) is 7.20. The first kappa shape index (κ1) is 12.9. The van der Waals surface area contributed by atoms with E-state index >= 15 is 0 Å². The van der Waals surface area contributed by atoms with Crippen molar-refractivity contribution in [2.45, 2.75) is 51.1 Å². The van der Waals surface area contributed by atoms with E-state index in [4.69, 9.17) is 5.11 Å². The minimum absolute atomic E-state index is 0.322. The van der Waals surface area contributed by atoms with E-state index in [0.29, 0.717) is 6.61 Å². The van der Waals surface area contributed by atoms with Crippen molar-refractivity contribution in [3.63, 3.8) is 0 Å². The molecule has 0 aliphatic heterocycles. The maximum absolute atomic E-state index is 8.85. The van der Waals surface area contributed by atoms with E-state index < -0.39 is 0 Å². The Labute approximate surface area is 93.9 Å². The molecule has 1 aliphatic rings. The van der Waals surface area contributed by atoms with Gasteiger partial charge in [-0.05, 0) is 45.7 Å². The first-order chi connectivity index (χ1) is 7.31. The van der Waals surface area contributed by atoms with Gasteiger partial charge < -0.3 is 15.3 Å². The highest BCUT2D eigenvalue weighted by atomic mass is 16.3. The molecule has 1 fully saturated rings. The van der Waals surface area contributed by atoms with Crippen LogP contribution in [-0.2, 0) is 0 Å². The lowest BCUT2D eigenvalue weighted by molar-refractivity contribution is 0.139. The molecule has 15 heavy (non-hydrogen) atoms. The van der Waals surface area contributed by atoms with Crippen molar-refractivity contribution in [1.29, 1.82) is 0 Å². The Kier molecular flexibility index (Phi) is 6.22. The third-order valence-corrected chi connectivity index (χ3v) is 3.63. The molecule has 0 aromatic carbocycles. The van der Waals surface area contributed by atoms with Crippen LogP contribution in [0.15, 0.2) is 0 Å². The first-order valence-electron chi connectivity index (χ1n) is 6.34. The van der Waals surface area contributed by atoms with Gasteiger partial charge in [0, 0.05) is 25.2 Å². The van der Waals surface area contributed by atoms with Gasteiger partial charge in [0.1, 0.15) is 0 Å². The van der Waals surface area contributed by atoms with Crippen LogP contribution in [0.1, 0.15) is 39.0 Å². The van der Waals surface area contributed by atoms with Crippen molar-refractivity contribution in [1.82, 2.24) is 10.2 Å². The van der Waals surface area contributed by atoms with E-state index in [0.717, 1.165) is 31.6 Å². The summed E-state index contributed by atoms with van der Waals surface area (Å²) < 4.78 is 0. The molecule has 3 nitrogen and oxygen atoms in total. The van der Waals surface area contributed by atoms with Crippen molar-refractivity contribution in [2.75, 3.05) is 26.7 Å². The number of aliphatic hydroxyl groups excluding tert-OH is 1. The Morgan fingerprint density at radius 1 is 1.27 bits per heavy atom. The molecule has 0 amide bonds. The minimum Gasteiger partial charge on any atom is -0.396 e. The lowest BCUT2D eigenvalue weighted by Crippen LogP contribution is -2.42. The van der Waals surface area contributed by atoms with Gasteiger partial charge in [0.25, 0.3) is 0 Å². The molecular weight excluding hydrogens is 188 g/mol. The number of rotatable bonds is 6. The van der Waals surface area contributed by atoms with Crippen molar-refractivity contribution < 1.29 is 5.11 Å². The van der Waals surface area contributed by atoms with E-state index in [-0.39, 0.29) is 0 Å². The standard InChI is InChI=1S/C12H26N2O/c1-3-14(9-4-10-15)12-7-5-11(13-2)6-8-12/h11-13,15H,3-10H2,1-2H3. The van der Waals surface area contributed by atoms with E-state index in [9.17, 15) is 0 Å². The van der Waals surface area contributed by atoms with Crippen molar-refractivity contribution in [3.8, 4) is 0 Å². The lowest BCUT2D eigenvalue weighted by Gasteiger charge is -2.36. The molecule has 0 unspecified atom stereocenters. The number of aliphatic hydroxyl groups is 1. The van der Waals surface area contributed by atoms with Crippen LogP contribution in [0.25, 0.3) is 0 Å². The fourth-order valence-corrected chi connectivity index (χ4v) is 2.60. The first-order valence-corrected chi connectivity index (χ1v) is 6.34. The summed E-state index contributed by atoms with van der Waals surface area (Å²) in [5.74, 6) is 0. The highest BCUT2D eigenvalue weighted by molar-refractivity contribution is 4.81. The average Bonchev–Trinajstić information content (AvgIpc) is 2.31. The van der Waals surface area contributed by atoms with Crippen LogP contribution < -0.4 is 5.32 Å². The molecule has 0 aromatic rings. The largest absolute Gasteiger partial charge is 0.396 e. The number of nitrogens with one attached hydrogen (secondary N) is 1. The number of hydrogen-bond donors (Lipinski definition) is 2. The van der Waals surface area contributed by atoms with Crippen LogP contribution in [0.4, 0.5) is 0 Å². The summed E-state index contributed by atoms with van der Waals surface area (Å²) in [6.45, 7) is 4.72. The zero-order valence-corrected chi connectivity index (χ0v) is 10.2. The third-order valence-electron chi connectivity index (χ3n) is 3.63. The van der Waals surface area contributed by atoms with Crippen LogP contribution in [0, 0.1) is 0 Å². The maximum atomic E-state index is 8.85. The van der Waals surface area contributed by atoms with Gasteiger partial charge >= 0.3 is 0 Å². The zero-order valence-electron chi connectivity index (χ0n) is 10.2. The summed E-state index contributed by atoms with van der Waals surface area (Å²) in [4.78, 5) is 2.53. The molecule has 1 rings (SSSR count). The third kappa shape index (κ3) is 4.09. The van der Waals surface area contributed by atoms with Crippen LogP contribution in [0.3, 0.4) is 0 Å². The summed E-state index contributed by atoms with van der Waals surface area (Å²) in [7, 11) is 2.06. The number of nitrogens with zero attached hydrogens (tertiary/aromatic N) is 1. The Morgan fingerprint density at radius 3 is 2.40 bits per heavy atom. The topological polar surface area (TPSA) is 35.5 Å². The monoisotopic (exact) mass is 214 g/mol. The van der Waals surface area contributed by atoms with Gasteiger partial charge in [0.2, 0.25) is 0 Å². The molecule has 0 spiro atoms. The molecule has 1 aliphatic carbocycles. The molecule has 0 saturated heterocycles. The molecule has 0 aromatic heterocycles. The molecule has 2 N–H and O–H groups in total. The van der Waals surface area contributed by atoms with Crippen LogP contribution in [-0.4, -0.2) is 48.8 Å². The summed E-state index contributed by atoms with van der Waals surface area (Å²) in [6, 6.07) is 1.49. The molecule has 0 bridgehead atoms. The van der Waals surface area contributed by atoms with Gasteiger partial charge in [-0.1, -0.05) is 6.92 Å². The summed E-state index contributed by atoms with van der Waals surface area (Å²) in [6.07, 6.45) is 6.14. The fourth-order valence-electron chi connectivity index (χ4n) is 2.60. The zero-order chi connectivity index (χ0) is 11.1. The average molecular weight is 214 g/mol. The van der Waals surface area contributed by atoms with Crippen molar-refractivity contribution >= 4 is 0 Å².